The number of aromatic amines is 1. The average molecular weight is 320 g/mol. The number of hydrogen-bond donors (Lipinski definition) is 1. The van der Waals surface area contributed by atoms with Crippen molar-refractivity contribution < 1.29 is 8.42 Å². The van der Waals surface area contributed by atoms with E-state index in [4.69, 9.17) is 0 Å². The van der Waals surface area contributed by atoms with Crippen LogP contribution >= 0.6 is 11.3 Å². The molecule has 2 heterocycles. The van der Waals surface area contributed by atoms with Gasteiger partial charge in [-0.2, -0.15) is 0 Å². The van der Waals surface area contributed by atoms with E-state index in [1.165, 1.54) is 15.6 Å². The summed E-state index contributed by atoms with van der Waals surface area (Å²) >= 11 is 1.24. The predicted octanol–water partition coefficient (Wildman–Crippen LogP) is 3.83. The van der Waals surface area contributed by atoms with E-state index in [0.717, 1.165) is 10.9 Å². The van der Waals surface area contributed by atoms with Crippen molar-refractivity contribution in [3.63, 3.8) is 0 Å². The smallest absolute Gasteiger partial charge is 0.274 e. The summed E-state index contributed by atoms with van der Waals surface area (Å²) in [5.74, 6) is 0. The van der Waals surface area contributed by atoms with Crippen molar-refractivity contribution in [2.45, 2.75) is 24.1 Å². The van der Waals surface area contributed by atoms with Gasteiger partial charge in [-0.15, -0.1) is 11.3 Å². The van der Waals surface area contributed by atoms with E-state index < -0.39 is 10.0 Å². The number of para-hydroxylation sites is 1. The number of anilines is 1. The van der Waals surface area contributed by atoms with Crippen LogP contribution < -0.4 is 4.31 Å². The van der Waals surface area contributed by atoms with Crippen LogP contribution in [0, 0.1) is 0 Å². The van der Waals surface area contributed by atoms with E-state index in [0.29, 0.717) is 9.90 Å². The summed E-state index contributed by atoms with van der Waals surface area (Å²) in [4.78, 5) is 3.14. The molecule has 0 fully saturated rings. The van der Waals surface area contributed by atoms with Crippen molar-refractivity contribution in [2.24, 2.45) is 0 Å². The molecule has 0 unspecified atom stereocenters. The normalized spacial score (nSPS) is 12.1. The van der Waals surface area contributed by atoms with Crippen molar-refractivity contribution in [1.29, 1.82) is 0 Å². The van der Waals surface area contributed by atoms with E-state index in [-0.39, 0.29) is 6.04 Å². The number of nitrogens with one attached hydrogen (secondary N) is 1. The number of benzene rings is 1. The van der Waals surface area contributed by atoms with Crippen LogP contribution in [0.15, 0.2) is 52.2 Å². The van der Waals surface area contributed by atoms with Gasteiger partial charge in [-0.3, -0.25) is 4.31 Å². The van der Waals surface area contributed by atoms with Gasteiger partial charge in [0.15, 0.2) is 0 Å². The number of H-pyrrole nitrogens is 1. The Morgan fingerprint density at radius 2 is 1.95 bits per heavy atom. The summed E-state index contributed by atoms with van der Waals surface area (Å²) < 4.78 is 27.7. The van der Waals surface area contributed by atoms with Crippen molar-refractivity contribution in [2.75, 3.05) is 4.31 Å². The predicted molar refractivity (Wildman–Crippen MR) is 87.4 cm³/mol. The third-order valence-electron chi connectivity index (χ3n) is 3.28. The lowest BCUT2D eigenvalue weighted by molar-refractivity contribution is 0.586. The van der Waals surface area contributed by atoms with E-state index in [9.17, 15) is 8.42 Å². The minimum Gasteiger partial charge on any atom is -0.359 e. The number of thiophene rings is 1. The molecule has 0 aliphatic rings. The van der Waals surface area contributed by atoms with Gasteiger partial charge >= 0.3 is 0 Å². The van der Waals surface area contributed by atoms with Gasteiger partial charge in [0, 0.05) is 17.6 Å². The first-order valence-corrected chi connectivity index (χ1v) is 8.98. The Labute approximate surface area is 128 Å². The fraction of sp³-hybridized carbons (Fsp3) is 0.200. The molecular formula is C15H16N2O2S2. The summed E-state index contributed by atoms with van der Waals surface area (Å²) in [7, 11) is -3.55. The van der Waals surface area contributed by atoms with Crippen molar-refractivity contribution in [3.8, 4) is 0 Å². The SMILES string of the molecule is CC(C)N(c1cccc2cc[nH]c12)S(=O)(=O)c1cccs1. The fourth-order valence-electron chi connectivity index (χ4n) is 2.44. The van der Waals surface area contributed by atoms with E-state index in [1.54, 1.807) is 17.5 Å². The van der Waals surface area contributed by atoms with Crippen LogP contribution in [0.1, 0.15) is 13.8 Å². The molecule has 3 rings (SSSR count). The molecule has 2 aromatic heterocycles. The lowest BCUT2D eigenvalue weighted by Gasteiger charge is -2.28. The van der Waals surface area contributed by atoms with Gasteiger partial charge in [0.25, 0.3) is 10.0 Å². The number of sulfonamides is 1. The Bertz CT molecular complexity index is 849. The second-order valence-electron chi connectivity index (χ2n) is 5.05. The maximum absolute atomic E-state index is 12.9. The van der Waals surface area contributed by atoms with Crippen LogP contribution in [0.5, 0.6) is 0 Å². The first-order chi connectivity index (χ1) is 10.0. The summed E-state index contributed by atoms with van der Waals surface area (Å²) in [5, 5.41) is 2.78. The standard InChI is InChI=1S/C15H16N2O2S2/c1-11(2)17(21(18,19)14-7-4-10-20-14)13-6-3-5-12-8-9-16-15(12)13/h3-11,16H,1-2H3. The van der Waals surface area contributed by atoms with Crippen LogP contribution in [-0.2, 0) is 10.0 Å². The quantitative estimate of drug-likeness (QED) is 0.794. The molecule has 1 N–H and O–H groups in total. The van der Waals surface area contributed by atoms with Gasteiger partial charge in [0.05, 0.1) is 11.2 Å². The summed E-state index contributed by atoms with van der Waals surface area (Å²) in [6, 6.07) is 10.8. The van der Waals surface area contributed by atoms with Crippen LogP contribution in [-0.4, -0.2) is 19.4 Å². The first kappa shape index (κ1) is 14.2. The zero-order valence-electron chi connectivity index (χ0n) is 11.8. The number of rotatable bonds is 4. The average Bonchev–Trinajstić information content (AvgIpc) is 3.10. The van der Waals surface area contributed by atoms with Crippen molar-refractivity contribution >= 4 is 38.0 Å². The molecule has 6 heteroatoms. The van der Waals surface area contributed by atoms with E-state index in [1.807, 2.05) is 44.3 Å². The fourth-order valence-corrected chi connectivity index (χ4v) is 5.20. The van der Waals surface area contributed by atoms with Crippen molar-refractivity contribution in [3.05, 3.63) is 48.0 Å². The van der Waals surface area contributed by atoms with Gasteiger partial charge in [-0.25, -0.2) is 8.42 Å². The number of aromatic nitrogens is 1. The van der Waals surface area contributed by atoms with Gasteiger partial charge in [-0.1, -0.05) is 18.2 Å². The van der Waals surface area contributed by atoms with E-state index in [2.05, 4.69) is 4.98 Å². The minimum atomic E-state index is -3.55. The first-order valence-electron chi connectivity index (χ1n) is 6.66. The third kappa shape index (κ3) is 2.34. The molecule has 0 radical (unpaired) electrons. The molecule has 0 bridgehead atoms. The second-order valence-corrected chi connectivity index (χ2v) is 8.04. The lowest BCUT2D eigenvalue weighted by Crippen LogP contribution is -2.36. The summed E-state index contributed by atoms with van der Waals surface area (Å²) in [6.45, 7) is 3.76. The lowest BCUT2D eigenvalue weighted by atomic mass is 10.2. The molecule has 0 atom stereocenters. The Morgan fingerprint density at radius 1 is 1.14 bits per heavy atom. The Morgan fingerprint density at radius 3 is 2.62 bits per heavy atom. The minimum absolute atomic E-state index is 0.175. The molecule has 0 aliphatic carbocycles. The summed E-state index contributed by atoms with van der Waals surface area (Å²) in [6.07, 6.45) is 1.82. The van der Waals surface area contributed by atoms with Gasteiger partial charge in [0.2, 0.25) is 0 Å². The maximum Gasteiger partial charge on any atom is 0.274 e. The summed E-state index contributed by atoms with van der Waals surface area (Å²) in [5.41, 5.74) is 1.52. The third-order valence-corrected chi connectivity index (χ3v) is 6.64. The van der Waals surface area contributed by atoms with Gasteiger partial charge < -0.3 is 4.98 Å². The van der Waals surface area contributed by atoms with Crippen LogP contribution in [0.4, 0.5) is 5.69 Å². The van der Waals surface area contributed by atoms with E-state index >= 15 is 0 Å². The van der Waals surface area contributed by atoms with Crippen LogP contribution in [0.25, 0.3) is 10.9 Å². The zero-order valence-corrected chi connectivity index (χ0v) is 13.4. The highest BCUT2D eigenvalue weighted by Crippen LogP contribution is 2.33. The number of hydrogen-bond acceptors (Lipinski definition) is 3. The molecule has 4 nitrogen and oxygen atoms in total. The molecule has 0 saturated carbocycles. The largest absolute Gasteiger partial charge is 0.359 e. The zero-order chi connectivity index (χ0) is 15.0. The Balaban J connectivity index is 2.22. The molecular weight excluding hydrogens is 304 g/mol. The van der Waals surface area contributed by atoms with Gasteiger partial charge in [-0.05, 0) is 37.4 Å². The molecule has 3 aromatic rings. The topological polar surface area (TPSA) is 53.2 Å². The van der Waals surface area contributed by atoms with Crippen molar-refractivity contribution in [1.82, 2.24) is 4.98 Å². The maximum atomic E-state index is 12.9. The molecule has 110 valence electrons. The van der Waals surface area contributed by atoms with Gasteiger partial charge in [0.1, 0.15) is 4.21 Å². The van der Waals surface area contributed by atoms with Crippen LogP contribution in [0.3, 0.4) is 0 Å². The molecule has 0 saturated heterocycles. The number of fused-ring (bicyclic) bond motifs is 1. The highest BCUT2D eigenvalue weighted by molar-refractivity contribution is 7.94. The molecule has 21 heavy (non-hydrogen) atoms. The second kappa shape index (κ2) is 5.20. The number of nitrogens with zero attached hydrogens (tertiary/aromatic N) is 1. The highest BCUT2D eigenvalue weighted by Gasteiger charge is 2.29. The molecule has 0 aliphatic heterocycles. The highest BCUT2D eigenvalue weighted by atomic mass is 32.2. The Hall–Kier alpha value is -1.79. The monoisotopic (exact) mass is 320 g/mol. The Kier molecular flexibility index (Phi) is 3.51. The molecule has 0 amide bonds. The molecule has 0 spiro atoms. The molecule has 1 aromatic carbocycles. The van der Waals surface area contributed by atoms with Crippen LogP contribution in [0.2, 0.25) is 0 Å².